The Balaban J connectivity index is 2.31. The molecule has 0 aromatic carbocycles. The van der Waals surface area contributed by atoms with E-state index in [1.807, 2.05) is 6.92 Å². The molecule has 0 saturated carbocycles. The number of carbonyl (C=O) groups excluding carboxylic acids is 1. The molecule has 2 heterocycles. The third kappa shape index (κ3) is 2.79. The van der Waals surface area contributed by atoms with Crippen LogP contribution in [0.15, 0.2) is 12.4 Å². The number of pyridine rings is 1. The number of amides is 1. The second kappa shape index (κ2) is 6.19. The predicted octanol–water partition coefficient (Wildman–Crippen LogP) is 2.39. The number of hydrogen-bond acceptors (Lipinski definition) is 4. The maximum absolute atomic E-state index is 12.0. The summed E-state index contributed by atoms with van der Waals surface area (Å²) in [5, 5.41) is 4.92. The van der Waals surface area contributed by atoms with Crippen molar-refractivity contribution in [1.82, 2.24) is 10.3 Å². The van der Waals surface area contributed by atoms with Crippen molar-refractivity contribution < 1.29 is 4.79 Å². The highest BCUT2D eigenvalue weighted by Gasteiger charge is 2.17. The number of aryl methyl sites for hydroxylation is 1. The Morgan fingerprint density at radius 2 is 2.39 bits per heavy atom. The summed E-state index contributed by atoms with van der Waals surface area (Å²) in [4.78, 5) is 16.8. The van der Waals surface area contributed by atoms with Crippen LogP contribution in [0, 0.1) is 6.92 Å². The number of halogens is 1. The maximum Gasteiger partial charge on any atom is 0.313 e. The van der Waals surface area contributed by atoms with Crippen molar-refractivity contribution >= 4 is 65.2 Å². The van der Waals surface area contributed by atoms with Crippen LogP contribution in [-0.4, -0.2) is 29.4 Å². The highest BCUT2D eigenvalue weighted by Crippen LogP contribution is 2.34. The molecule has 93 valence electrons. The minimum absolute atomic E-state index is 0.0719. The normalized spacial score (nSPS) is 10.6. The first kappa shape index (κ1) is 14.1. The van der Waals surface area contributed by atoms with Gasteiger partial charge in [0.25, 0.3) is 5.91 Å². The van der Waals surface area contributed by atoms with E-state index in [0.717, 1.165) is 27.5 Å². The van der Waals surface area contributed by atoms with Gasteiger partial charge in [-0.2, -0.15) is 0 Å². The van der Waals surface area contributed by atoms with E-state index < -0.39 is 0 Å². The Labute approximate surface area is 127 Å². The minimum Gasteiger partial charge on any atom is -0.397 e. The number of carbonyl (C=O) groups is 1. The Kier molecular flexibility index (Phi) is 4.84. The molecule has 7 heteroatoms. The quantitative estimate of drug-likeness (QED) is 0.480. The molecule has 0 aliphatic rings. The van der Waals surface area contributed by atoms with Gasteiger partial charge in [-0.15, -0.1) is 11.3 Å². The number of nitrogens with zero attached hydrogens (tertiary/aromatic N) is 1. The molecule has 3 N–H and O–H groups in total. The van der Waals surface area contributed by atoms with Gasteiger partial charge in [-0.05, 0) is 12.5 Å². The van der Waals surface area contributed by atoms with Crippen molar-refractivity contribution in [1.29, 1.82) is 0 Å². The number of aromatic nitrogens is 1. The lowest BCUT2D eigenvalue weighted by molar-refractivity contribution is 0.0960. The summed E-state index contributed by atoms with van der Waals surface area (Å²) in [6.45, 7) is 2.68. The second-order valence-electron chi connectivity index (χ2n) is 3.87. The van der Waals surface area contributed by atoms with Gasteiger partial charge in [-0.25, -0.2) is 20.3 Å². The number of nitrogens with two attached hydrogens (primary N) is 1. The summed E-state index contributed by atoms with van der Waals surface area (Å²) in [6.07, 6.45) is 3.53. The minimum atomic E-state index is -0.0719. The van der Waals surface area contributed by atoms with Gasteiger partial charge >= 0.3 is 11.9 Å². The predicted molar refractivity (Wildman–Crippen MR) is 85.7 cm³/mol. The molecule has 2 aromatic heterocycles. The summed E-state index contributed by atoms with van der Waals surface area (Å²) < 4.78 is 0.970. The third-order valence-corrected chi connectivity index (χ3v) is 6.09. The smallest absolute Gasteiger partial charge is 0.313 e. The summed E-state index contributed by atoms with van der Waals surface area (Å²) >= 11 is 4.18. The fourth-order valence-corrected chi connectivity index (χ4v) is 4.00. The molecule has 0 unspecified atom stereocenters. The van der Waals surface area contributed by atoms with Crippen molar-refractivity contribution in [2.45, 2.75) is 12.2 Å². The lowest BCUT2D eigenvalue weighted by Crippen LogP contribution is -2.24. The number of hydrogen-bond donors (Lipinski definition) is 2. The molecule has 18 heavy (non-hydrogen) atoms. The summed E-state index contributed by atoms with van der Waals surface area (Å²) in [7, 11) is 0. The number of rotatable bonds is 4. The zero-order valence-electron chi connectivity index (χ0n) is 9.87. The molecule has 0 spiro atoms. The van der Waals surface area contributed by atoms with E-state index in [4.69, 9.17) is 5.73 Å². The summed E-state index contributed by atoms with van der Waals surface area (Å²) in [5.41, 5.74) is 7.66. The topological polar surface area (TPSA) is 68.0 Å². The molecule has 0 aliphatic carbocycles. The van der Waals surface area contributed by atoms with Gasteiger partial charge in [0.1, 0.15) is 4.88 Å². The summed E-state index contributed by atoms with van der Waals surface area (Å²) in [6, 6.07) is 0. The van der Waals surface area contributed by atoms with Crippen LogP contribution >= 0.6 is 31.6 Å². The molecule has 0 atom stereocenters. The van der Waals surface area contributed by atoms with E-state index in [1.165, 1.54) is 11.3 Å². The van der Waals surface area contributed by atoms with Crippen LogP contribution in [0.2, 0.25) is 5.28 Å². The van der Waals surface area contributed by atoms with Crippen molar-refractivity contribution in [3.05, 3.63) is 22.8 Å². The van der Waals surface area contributed by atoms with Gasteiger partial charge in [0.15, 0.2) is 0 Å². The van der Waals surface area contributed by atoms with Crippen LogP contribution in [0.4, 0.5) is 5.69 Å². The third-order valence-electron chi connectivity index (χ3n) is 2.57. The zero-order chi connectivity index (χ0) is 13.1. The van der Waals surface area contributed by atoms with E-state index in [-0.39, 0.29) is 5.91 Å². The van der Waals surface area contributed by atoms with Crippen molar-refractivity contribution in [2.24, 2.45) is 0 Å². The van der Waals surface area contributed by atoms with Gasteiger partial charge < -0.3 is 11.1 Å². The Bertz CT molecular complexity index is 587. The molecule has 1 radical (unpaired) electrons. The molecule has 4 nitrogen and oxygen atoms in total. The van der Waals surface area contributed by atoms with Gasteiger partial charge in [0, 0.05) is 24.3 Å². The SMILES string of the molecule is Cc1cncc2sc(C(=O)NC[CH2][Al][I])c(N)c12. The van der Waals surface area contributed by atoms with Gasteiger partial charge in [-0.1, -0.05) is 5.28 Å². The molecule has 0 bridgehead atoms. The van der Waals surface area contributed by atoms with Crippen LogP contribution in [0.1, 0.15) is 15.2 Å². The first-order chi connectivity index (χ1) is 8.65. The number of nitrogen functional groups attached to an aromatic ring is 1. The first-order valence-corrected chi connectivity index (χ1v) is 11.3. The molecule has 2 rings (SSSR count). The summed E-state index contributed by atoms with van der Waals surface area (Å²) in [5.74, 6) is -0.0719. The van der Waals surface area contributed by atoms with E-state index in [0.29, 0.717) is 22.5 Å². The van der Waals surface area contributed by atoms with Crippen LogP contribution in [0.3, 0.4) is 0 Å². The fourth-order valence-electron chi connectivity index (χ4n) is 1.73. The van der Waals surface area contributed by atoms with Crippen LogP contribution in [0.25, 0.3) is 10.1 Å². The maximum atomic E-state index is 12.0. The average molecular weight is 388 g/mol. The molecule has 2 aromatic rings. The molecule has 0 aliphatic heterocycles. The lowest BCUT2D eigenvalue weighted by atomic mass is 10.2. The monoisotopic (exact) mass is 388 g/mol. The number of nitrogens with one attached hydrogen (secondary N) is 1. The standard InChI is InChI=1S/C11H12N3OS.Al.HI/c1-3-14-11(15)10-9(12)8-6(2)4-13-5-7(8)16-10;;/h4-5H,1,3,12H2,2H3,(H,14,15);;1H/q;+1;/p-1. The first-order valence-electron chi connectivity index (χ1n) is 5.47. The number of thiophene rings is 1. The van der Waals surface area contributed by atoms with E-state index in [1.54, 1.807) is 12.4 Å². The highest BCUT2D eigenvalue weighted by molar-refractivity contribution is 14.1. The van der Waals surface area contributed by atoms with Gasteiger partial charge in [0.05, 0.1) is 10.4 Å². The van der Waals surface area contributed by atoms with Crippen LogP contribution in [0.5, 0.6) is 0 Å². The van der Waals surface area contributed by atoms with Gasteiger partial charge in [-0.3, -0.25) is 9.78 Å². The number of anilines is 1. The molecule has 1 amide bonds. The van der Waals surface area contributed by atoms with Gasteiger partial charge in [0.2, 0.25) is 0 Å². The van der Waals surface area contributed by atoms with E-state index in [2.05, 4.69) is 30.6 Å². The second-order valence-corrected chi connectivity index (χ2v) is 8.45. The number of fused-ring (bicyclic) bond motifs is 1. The Morgan fingerprint density at radius 3 is 3.06 bits per heavy atom. The van der Waals surface area contributed by atoms with Crippen LogP contribution in [-0.2, 0) is 0 Å². The largest absolute Gasteiger partial charge is 0.397 e. The van der Waals surface area contributed by atoms with Crippen molar-refractivity contribution in [3.63, 3.8) is 0 Å². The molecular formula is C11H12AlIN3OS. The van der Waals surface area contributed by atoms with Crippen molar-refractivity contribution in [3.8, 4) is 0 Å². The lowest BCUT2D eigenvalue weighted by Gasteiger charge is -2.02. The molecule has 0 fully saturated rings. The van der Waals surface area contributed by atoms with Crippen LogP contribution < -0.4 is 11.1 Å². The van der Waals surface area contributed by atoms with Crippen molar-refractivity contribution in [2.75, 3.05) is 12.3 Å². The zero-order valence-corrected chi connectivity index (χ0v) is 14.0. The fraction of sp³-hybridized carbons (Fsp3) is 0.273. The Morgan fingerprint density at radius 1 is 1.61 bits per heavy atom. The Hall–Kier alpha value is -0.358. The molecular weight excluding hydrogens is 376 g/mol. The average Bonchev–Trinajstić information content (AvgIpc) is 2.68. The molecule has 0 saturated heterocycles. The van der Waals surface area contributed by atoms with E-state index in [9.17, 15) is 4.79 Å². The van der Waals surface area contributed by atoms with E-state index >= 15 is 0 Å². The highest BCUT2D eigenvalue weighted by atomic mass is 127.